The third-order valence-corrected chi connectivity index (χ3v) is 5.01. The molecule has 1 aromatic carbocycles. The number of aromatic carboxylic acids is 1. The molecule has 0 spiro atoms. The van der Waals surface area contributed by atoms with Gasteiger partial charge in [-0.1, -0.05) is 11.6 Å². The molecule has 0 bridgehead atoms. The summed E-state index contributed by atoms with van der Waals surface area (Å²) < 4.78 is 26.7. The van der Waals surface area contributed by atoms with Gasteiger partial charge in [0.15, 0.2) is 0 Å². The molecule has 21 heavy (non-hydrogen) atoms. The zero-order chi connectivity index (χ0) is 15.3. The molecule has 0 atom stereocenters. The zero-order valence-electron chi connectivity index (χ0n) is 11.7. The Morgan fingerprint density at radius 1 is 1.19 bits per heavy atom. The van der Waals surface area contributed by atoms with E-state index in [0.29, 0.717) is 6.54 Å². The molecule has 1 aliphatic rings. The van der Waals surface area contributed by atoms with E-state index in [1.807, 2.05) is 0 Å². The fourth-order valence-electron chi connectivity index (χ4n) is 2.34. The zero-order valence-corrected chi connectivity index (χ0v) is 12.5. The number of carboxylic acid groups (broad SMARTS) is 1. The van der Waals surface area contributed by atoms with Gasteiger partial charge in [0.1, 0.15) is 0 Å². The molecule has 114 valence electrons. The van der Waals surface area contributed by atoms with Gasteiger partial charge in [0.25, 0.3) is 0 Å². The number of carboxylic acids is 1. The Morgan fingerprint density at radius 2 is 1.90 bits per heavy atom. The number of hydrogen-bond acceptors (Lipinski definition) is 3. The van der Waals surface area contributed by atoms with Crippen LogP contribution in [-0.4, -0.2) is 26.0 Å². The van der Waals surface area contributed by atoms with Crippen molar-refractivity contribution < 1.29 is 18.3 Å². The van der Waals surface area contributed by atoms with E-state index in [4.69, 9.17) is 5.11 Å². The normalized spacial score (nSPS) is 15.5. The van der Waals surface area contributed by atoms with Gasteiger partial charge in [-0.2, -0.15) is 0 Å². The Labute approximate surface area is 124 Å². The van der Waals surface area contributed by atoms with Gasteiger partial charge in [0.05, 0.1) is 10.5 Å². The number of allylic oxidation sites excluding steroid dienone is 1. The molecule has 1 aliphatic carbocycles. The van der Waals surface area contributed by atoms with Crippen LogP contribution in [0.2, 0.25) is 0 Å². The van der Waals surface area contributed by atoms with Crippen LogP contribution >= 0.6 is 0 Å². The van der Waals surface area contributed by atoms with E-state index in [9.17, 15) is 13.2 Å². The van der Waals surface area contributed by atoms with Gasteiger partial charge in [-0.05, 0) is 56.4 Å². The van der Waals surface area contributed by atoms with Crippen molar-refractivity contribution in [2.75, 3.05) is 6.54 Å². The summed E-state index contributed by atoms with van der Waals surface area (Å²) in [7, 11) is -3.57. The lowest BCUT2D eigenvalue weighted by atomic mass is 9.97. The maximum absolute atomic E-state index is 12.1. The number of benzene rings is 1. The minimum absolute atomic E-state index is 0.0707. The monoisotopic (exact) mass is 309 g/mol. The van der Waals surface area contributed by atoms with E-state index in [1.165, 1.54) is 42.7 Å². The average molecular weight is 309 g/mol. The molecule has 0 heterocycles. The molecule has 0 aliphatic heterocycles. The van der Waals surface area contributed by atoms with Crippen LogP contribution in [0.5, 0.6) is 0 Å². The molecule has 0 saturated heterocycles. The first kappa shape index (κ1) is 15.7. The number of hydrogen-bond donors (Lipinski definition) is 2. The smallest absolute Gasteiger partial charge is 0.335 e. The van der Waals surface area contributed by atoms with Crippen molar-refractivity contribution in [2.24, 2.45) is 0 Å². The molecule has 0 amide bonds. The molecule has 1 aromatic rings. The summed E-state index contributed by atoms with van der Waals surface area (Å²) in [6, 6.07) is 5.21. The first-order valence-corrected chi connectivity index (χ1v) is 8.48. The van der Waals surface area contributed by atoms with E-state index in [-0.39, 0.29) is 10.5 Å². The van der Waals surface area contributed by atoms with Gasteiger partial charge in [-0.15, -0.1) is 0 Å². The summed E-state index contributed by atoms with van der Waals surface area (Å²) in [5.41, 5.74) is 1.38. The Hall–Kier alpha value is -1.66. The predicted octanol–water partition coefficient (Wildman–Crippen LogP) is 2.55. The standard InChI is InChI=1S/C15H19NO4S/c17-15(18)13-6-8-14(9-7-13)21(19,20)16-11-10-12-4-2-1-3-5-12/h4,6-9,16H,1-3,5,10-11H2,(H,17,18). The van der Waals surface area contributed by atoms with Crippen LogP contribution in [0, 0.1) is 0 Å². The summed E-state index contributed by atoms with van der Waals surface area (Å²) in [6.45, 7) is 0.370. The minimum Gasteiger partial charge on any atom is -0.478 e. The average Bonchev–Trinajstić information content (AvgIpc) is 2.48. The Balaban J connectivity index is 1.94. The number of carbonyl (C=O) groups is 1. The summed E-state index contributed by atoms with van der Waals surface area (Å²) >= 11 is 0. The van der Waals surface area contributed by atoms with Crippen molar-refractivity contribution in [2.45, 2.75) is 37.0 Å². The first-order valence-electron chi connectivity index (χ1n) is 7.00. The quantitative estimate of drug-likeness (QED) is 0.791. The van der Waals surface area contributed by atoms with E-state index in [2.05, 4.69) is 10.8 Å². The molecular formula is C15H19NO4S. The van der Waals surface area contributed by atoms with Crippen molar-refractivity contribution >= 4 is 16.0 Å². The van der Waals surface area contributed by atoms with Crippen LogP contribution in [0.4, 0.5) is 0 Å². The Morgan fingerprint density at radius 3 is 2.48 bits per heavy atom. The van der Waals surface area contributed by atoms with E-state index in [1.54, 1.807) is 0 Å². The highest BCUT2D eigenvalue weighted by molar-refractivity contribution is 7.89. The summed E-state index contributed by atoms with van der Waals surface area (Å²) in [4.78, 5) is 10.8. The van der Waals surface area contributed by atoms with Crippen molar-refractivity contribution in [1.29, 1.82) is 0 Å². The second-order valence-corrected chi connectivity index (χ2v) is 6.85. The lowest BCUT2D eigenvalue weighted by Crippen LogP contribution is -2.25. The second-order valence-electron chi connectivity index (χ2n) is 5.09. The topological polar surface area (TPSA) is 83.5 Å². The Bertz CT molecular complexity index is 632. The summed E-state index contributed by atoms with van der Waals surface area (Å²) in [5, 5.41) is 8.79. The highest BCUT2D eigenvalue weighted by Crippen LogP contribution is 2.19. The van der Waals surface area contributed by atoms with Crippen molar-refractivity contribution in [1.82, 2.24) is 4.72 Å². The van der Waals surface area contributed by atoms with E-state index < -0.39 is 16.0 Å². The largest absolute Gasteiger partial charge is 0.478 e. The lowest BCUT2D eigenvalue weighted by Gasteiger charge is -2.13. The molecular weight excluding hydrogens is 290 g/mol. The molecule has 0 saturated carbocycles. The molecule has 2 N–H and O–H groups in total. The lowest BCUT2D eigenvalue weighted by molar-refractivity contribution is 0.0696. The highest BCUT2D eigenvalue weighted by atomic mass is 32.2. The third kappa shape index (κ3) is 4.41. The van der Waals surface area contributed by atoms with Gasteiger partial charge >= 0.3 is 5.97 Å². The number of nitrogens with one attached hydrogen (secondary N) is 1. The van der Waals surface area contributed by atoms with Crippen LogP contribution in [0.3, 0.4) is 0 Å². The van der Waals surface area contributed by atoms with Crippen LogP contribution in [0.15, 0.2) is 40.8 Å². The Kier molecular flexibility index (Phi) is 5.14. The highest BCUT2D eigenvalue weighted by Gasteiger charge is 2.14. The summed E-state index contributed by atoms with van der Waals surface area (Å²) in [6.07, 6.45) is 7.44. The van der Waals surface area contributed by atoms with Gasteiger partial charge < -0.3 is 5.11 Å². The van der Waals surface area contributed by atoms with Crippen LogP contribution in [0.1, 0.15) is 42.5 Å². The molecule has 6 heteroatoms. The number of rotatable bonds is 6. The van der Waals surface area contributed by atoms with Crippen LogP contribution in [0.25, 0.3) is 0 Å². The number of sulfonamides is 1. The van der Waals surface area contributed by atoms with Crippen molar-refractivity contribution in [3.8, 4) is 0 Å². The third-order valence-electron chi connectivity index (χ3n) is 3.53. The molecule has 0 aromatic heterocycles. The predicted molar refractivity (Wildman–Crippen MR) is 79.8 cm³/mol. The van der Waals surface area contributed by atoms with Gasteiger partial charge in [0.2, 0.25) is 10.0 Å². The second kappa shape index (κ2) is 6.87. The molecule has 5 nitrogen and oxygen atoms in total. The van der Waals surface area contributed by atoms with Crippen molar-refractivity contribution in [3.63, 3.8) is 0 Å². The fourth-order valence-corrected chi connectivity index (χ4v) is 3.37. The minimum atomic E-state index is -3.57. The SMILES string of the molecule is O=C(O)c1ccc(S(=O)(=O)NCCC2=CCCCC2)cc1. The van der Waals surface area contributed by atoms with E-state index in [0.717, 1.165) is 19.3 Å². The van der Waals surface area contributed by atoms with E-state index >= 15 is 0 Å². The fraction of sp³-hybridized carbons (Fsp3) is 0.400. The van der Waals surface area contributed by atoms with Crippen LogP contribution < -0.4 is 4.72 Å². The van der Waals surface area contributed by atoms with Crippen LogP contribution in [-0.2, 0) is 10.0 Å². The molecule has 0 radical (unpaired) electrons. The first-order chi connectivity index (χ1) is 9.99. The van der Waals surface area contributed by atoms with Gasteiger partial charge in [-0.3, -0.25) is 0 Å². The maximum Gasteiger partial charge on any atom is 0.335 e. The summed E-state index contributed by atoms with van der Waals surface area (Å²) in [5.74, 6) is -1.07. The molecule has 0 unspecified atom stereocenters. The molecule has 0 fully saturated rings. The van der Waals surface area contributed by atoms with Gasteiger partial charge in [0, 0.05) is 6.54 Å². The molecule has 2 rings (SSSR count). The van der Waals surface area contributed by atoms with Crippen molar-refractivity contribution in [3.05, 3.63) is 41.5 Å². The van der Waals surface area contributed by atoms with Gasteiger partial charge in [-0.25, -0.2) is 17.9 Å². The maximum atomic E-state index is 12.1.